The highest BCUT2D eigenvalue weighted by atomic mass is 16.1. The molecule has 3 N–H and O–H groups in total. The van der Waals surface area contributed by atoms with Crippen molar-refractivity contribution in [3.8, 4) is 0 Å². The van der Waals surface area contributed by atoms with Crippen LogP contribution in [0.3, 0.4) is 0 Å². The largest absolute Gasteiger partial charge is 0.393 e. The van der Waals surface area contributed by atoms with Crippen molar-refractivity contribution >= 4 is 34.5 Å². The Balaban J connectivity index is 1.92. The van der Waals surface area contributed by atoms with Gasteiger partial charge in [0.1, 0.15) is 12.0 Å². The second-order valence-electron chi connectivity index (χ2n) is 6.30. The second kappa shape index (κ2) is 7.86. The molecule has 0 atom stereocenters. The Morgan fingerprint density at radius 3 is 2.52 bits per heavy atom. The summed E-state index contributed by atoms with van der Waals surface area (Å²) in [6.07, 6.45) is 1.50. The molecule has 0 fully saturated rings. The van der Waals surface area contributed by atoms with Gasteiger partial charge in [-0.3, -0.25) is 4.79 Å². The zero-order chi connectivity index (χ0) is 19.4. The molecule has 0 aliphatic carbocycles. The van der Waals surface area contributed by atoms with E-state index in [2.05, 4.69) is 41.3 Å². The summed E-state index contributed by atoms with van der Waals surface area (Å²) in [5.74, 6) is 1.21. The molecule has 6 heteroatoms. The predicted molar refractivity (Wildman–Crippen MR) is 110 cm³/mol. The lowest BCUT2D eigenvalue weighted by molar-refractivity contribution is 0.101. The Bertz CT molecular complexity index is 953. The molecule has 138 valence electrons. The standard InChI is InChI=1S/C21H23N5O/c1-4-26(18-7-5-6-14(2)12-18)21-19(22)20(23-13-24-21)25-17-10-8-16(9-11-17)15(3)27/h5-13H,4,22H2,1-3H3,(H,23,24,25). The van der Waals surface area contributed by atoms with Crippen LogP contribution in [0, 0.1) is 6.92 Å². The maximum Gasteiger partial charge on any atom is 0.161 e. The number of carbonyl (C=O) groups excluding carboxylic acids is 1. The average molecular weight is 361 g/mol. The highest BCUT2D eigenvalue weighted by Gasteiger charge is 2.16. The first kappa shape index (κ1) is 18.4. The number of nitrogens with zero attached hydrogens (tertiary/aromatic N) is 3. The molecule has 0 bridgehead atoms. The molecular weight excluding hydrogens is 338 g/mol. The molecule has 0 amide bonds. The van der Waals surface area contributed by atoms with Gasteiger partial charge in [0.15, 0.2) is 17.4 Å². The first-order valence-electron chi connectivity index (χ1n) is 8.82. The highest BCUT2D eigenvalue weighted by molar-refractivity contribution is 5.94. The van der Waals surface area contributed by atoms with Gasteiger partial charge in [-0.25, -0.2) is 9.97 Å². The fourth-order valence-corrected chi connectivity index (χ4v) is 2.88. The summed E-state index contributed by atoms with van der Waals surface area (Å²) in [6.45, 7) is 6.37. The summed E-state index contributed by atoms with van der Waals surface area (Å²) in [7, 11) is 0. The van der Waals surface area contributed by atoms with E-state index in [4.69, 9.17) is 5.73 Å². The van der Waals surface area contributed by atoms with Crippen molar-refractivity contribution in [3.05, 3.63) is 66.0 Å². The normalized spacial score (nSPS) is 10.5. The SMILES string of the molecule is CCN(c1cccc(C)c1)c1ncnc(Nc2ccc(C(C)=O)cc2)c1N. The third-order valence-electron chi connectivity index (χ3n) is 4.30. The number of rotatable bonds is 6. The number of nitrogens with one attached hydrogen (secondary N) is 1. The van der Waals surface area contributed by atoms with E-state index in [9.17, 15) is 4.79 Å². The number of nitrogen functional groups attached to an aromatic ring is 1. The lowest BCUT2D eigenvalue weighted by Crippen LogP contribution is -2.20. The molecule has 1 aromatic heterocycles. The minimum Gasteiger partial charge on any atom is -0.393 e. The van der Waals surface area contributed by atoms with Gasteiger partial charge in [0, 0.05) is 23.5 Å². The molecule has 0 saturated carbocycles. The van der Waals surface area contributed by atoms with Crippen LogP contribution in [-0.4, -0.2) is 22.3 Å². The number of nitrogens with two attached hydrogens (primary N) is 1. The van der Waals surface area contributed by atoms with Crippen LogP contribution in [0.4, 0.5) is 28.7 Å². The molecule has 0 unspecified atom stereocenters. The summed E-state index contributed by atoms with van der Waals surface area (Å²) in [5.41, 5.74) is 10.5. The van der Waals surface area contributed by atoms with E-state index in [1.807, 2.05) is 29.2 Å². The van der Waals surface area contributed by atoms with Crippen LogP contribution in [0.15, 0.2) is 54.9 Å². The maximum absolute atomic E-state index is 11.4. The van der Waals surface area contributed by atoms with Gasteiger partial charge in [0.25, 0.3) is 0 Å². The summed E-state index contributed by atoms with van der Waals surface area (Å²) >= 11 is 0. The minimum absolute atomic E-state index is 0.0297. The van der Waals surface area contributed by atoms with Crippen LogP contribution in [0.1, 0.15) is 29.8 Å². The quantitative estimate of drug-likeness (QED) is 0.630. The minimum atomic E-state index is 0.0297. The topological polar surface area (TPSA) is 84.1 Å². The number of benzene rings is 2. The number of ketones is 1. The molecule has 27 heavy (non-hydrogen) atoms. The van der Waals surface area contributed by atoms with E-state index in [0.29, 0.717) is 22.9 Å². The molecule has 3 aromatic rings. The van der Waals surface area contributed by atoms with Crippen molar-refractivity contribution in [2.45, 2.75) is 20.8 Å². The number of aryl methyl sites for hydroxylation is 1. The van der Waals surface area contributed by atoms with Crippen LogP contribution in [0.25, 0.3) is 0 Å². The number of anilines is 5. The van der Waals surface area contributed by atoms with Gasteiger partial charge in [-0.15, -0.1) is 0 Å². The predicted octanol–water partition coefficient (Wildman–Crippen LogP) is 4.47. The number of carbonyl (C=O) groups is 1. The zero-order valence-electron chi connectivity index (χ0n) is 15.7. The Labute approximate surface area is 159 Å². The second-order valence-corrected chi connectivity index (χ2v) is 6.30. The van der Waals surface area contributed by atoms with Gasteiger partial charge in [0.2, 0.25) is 0 Å². The van der Waals surface area contributed by atoms with Crippen LogP contribution in [0.2, 0.25) is 0 Å². The molecule has 0 aliphatic heterocycles. The van der Waals surface area contributed by atoms with Gasteiger partial charge in [-0.2, -0.15) is 0 Å². The van der Waals surface area contributed by atoms with Crippen molar-refractivity contribution in [3.63, 3.8) is 0 Å². The molecule has 1 heterocycles. The summed E-state index contributed by atoms with van der Waals surface area (Å²) in [5, 5.41) is 3.21. The maximum atomic E-state index is 11.4. The lowest BCUT2D eigenvalue weighted by Gasteiger charge is -2.24. The van der Waals surface area contributed by atoms with Gasteiger partial charge in [0.05, 0.1) is 0 Å². The van der Waals surface area contributed by atoms with E-state index < -0.39 is 0 Å². The molecule has 0 aliphatic rings. The number of Topliss-reactive ketones (excluding diaryl/α,β-unsaturated/α-hetero) is 1. The smallest absolute Gasteiger partial charge is 0.161 e. The van der Waals surface area contributed by atoms with E-state index in [-0.39, 0.29) is 5.78 Å². The number of aromatic nitrogens is 2. The number of hydrogen-bond donors (Lipinski definition) is 2. The van der Waals surface area contributed by atoms with Crippen LogP contribution in [0.5, 0.6) is 0 Å². The van der Waals surface area contributed by atoms with E-state index in [0.717, 1.165) is 17.9 Å². The van der Waals surface area contributed by atoms with Gasteiger partial charge >= 0.3 is 0 Å². The van der Waals surface area contributed by atoms with E-state index >= 15 is 0 Å². The summed E-state index contributed by atoms with van der Waals surface area (Å²) < 4.78 is 0. The zero-order valence-corrected chi connectivity index (χ0v) is 15.7. The Morgan fingerprint density at radius 2 is 1.89 bits per heavy atom. The van der Waals surface area contributed by atoms with E-state index in [1.165, 1.54) is 11.9 Å². The fraction of sp³-hybridized carbons (Fsp3) is 0.190. The Morgan fingerprint density at radius 1 is 1.15 bits per heavy atom. The van der Waals surface area contributed by atoms with Crippen LogP contribution < -0.4 is 16.0 Å². The molecule has 6 nitrogen and oxygen atoms in total. The Hall–Kier alpha value is -3.41. The fourth-order valence-electron chi connectivity index (χ4n) is 2.88. The van der Waals surface area contributed by atoms with Crippen LogP contribution in [-0.2, 0) is 0 Å². The number of hydrogen-bond acceptors (Lipinski definition) is 6. The Kier molecular flexibility index (Phi) is 5.35. The molecule has 0 saturated heterocycles. The summed E-state index contributed by atoms with van der Waals surface area (Å²) in [4.78, 5) is 22.1. The molecule has 0 radical (unpaired) electrons. The lowest BCUT2D eigenvalue weighted by atomic mass is 10.1. The van der Waals surface area contributed by atoms with Crippen molar-refractivity contribution < 1.29 is 4.79 Å². The van der Waals surface area contributed by atoms with Crippen molar-refractivity contribution in [2.24, 2.45) is 0 Å². The third-order valence-corrected chi connectivity index (χ3v) is 4.30. The molecule has 3 rings (SSSR count). The molecule has 0 spiro atoms. The van der Waals surface area contributed by atoms with Gasteiger partial charge in [-0.05, 0) is 62.7 Å². The molecular formula is C21H23N5O. The van der Waals surface area contributed by atoms with Gasteiger partial charge in [-0.1, -0.05) is 12.1 Å². The van der Waals surface area contributed by atoms with Crippen LogP contribution >= 0.6 is 0 Å². The molecule has 2 aromatic carbocycles. The van der Waals surface area contributed by atoms with Gasteiger partial charge < -0.3 is 16.0 Å². The van der Waals surface area contributed by atoms with E-state index in [1.54, 1.807) is 19.1 Å². The highest BCUT2D eigenvalue weighted by Crippen LogP contribution is 2.33. The average Bonchev–Trinajstić information content (AvgIpc) is 2.66. The first-order valence-corrected chi connectivity index (χ1v) is 8.82. The third kappa shape index (κ3) is 4.06. The van der Waals surface area contributed by atoms with Crippen molar-refractivity contribution in [1.29, 1.82) is 0 Å². The first-order chi connectivity index (χ1) is 13.0. The van der Waals surface area contributed by atoms with Crippen molar-refractivity contribution in [1.82, 2.24) is 9.97 Å². The van der Waals surface area contributed by atoms with Crippen molar-refractivity contribution in [2.75, 3.05) is 22.5 Å². The summed E-state index contributed by atoms with van der Waals surface area (Å²) in [6, 6.07) is 15.4. The monoisotopic (exact) mass is 361 g/mol.